The second-order valence-corrected chi connectivity index (χ2v) is 5.95. The fourth-order valence-electron chi connectivity index (χ4n) is 1.41. The van der Waals surface area contributed by atoms with Gasteiger partial charge in [0.1, 0.15) is 5.60 Å². The second kappa shape index (κ2) is 11.6. The number of rotatable bonds is 6. The minimum atomic E-state index is -4.22. The fourth-order valence-corrected chi connectivity index (χ4v) is 1.41. The van der Waals surface area contributed by atoms with Crippen molar-refractivity contribution in [3.05, 3.63) is 0 Å². The van der Waals surface area contributed by atoms with Crippen LogP contribution in [0, 0.1) is 0 Å². The van der Waals surface area contributed by atoms with Gasteiger partial charge in [-0.3, -0.25) is 4.99 Å². The zero-order valence-electron chi connectivity index (χ0n) is 14.8. The molecular weight excluding hydrogens is 440 g/mol. The van der Waals surface area contributed by atoms with E-state index in [0.717, 1.165) is 0 Å². The van der Waals surface area contributed by atoms with Crippen LogP contribution in [-0.2, 0) is 4.74 Å². The third kappa shape index (κ3) is 14.6. The molecule has 2 N–H and O–H groups in total. The van der Waals surface area contributed by atoms with Crippen molar-refractivity contribution >= 4 is 36.0 Å². The van der Waals surface area contributed by atoms with E-state index >= 15 is 0 Å². The van der Waals surface area contributed by atoms with Crippen molar-refractivity contribution in [1.29, 1.82) is 0 Å². The molecule has 0 aromatic carbocycles. The largest absolute Gasteiger partial charge is 0.444 e. The molecule has 0 bridgehead atoms. The van der Waals surface area contributed by atoms with Gasteiger partial charge in [0.05, 0.1) is 13.0 Å². The number of amides is 1. The van der Waals surface area contributed by atoms with E-state index in [4.69, 9.17) is 4.74 Å². The Bertz CT molecular complexity index is 398. The number of halogens is 4. The van der Waals surface area contributed by atoms with Crippen molar-refractivity contribution in [3.8, 4) is 0 Å². The van der Waals surface area contributed by atoms with Crippen LogP contribution < -0.4 is 10.6 Å². The number of hydrogen-bond donors (Lipinski definition) is 2. The number of alkyl halides is 3. The third-order valence-corrected chi connectivity index (χ3v) is 2.45. The highest BCUT2D eigenvalue weighted by Crippen LogP contribution is 2.18. The topological polar surface area (TPSA) is 66.0 Å². The summed E-state index contributed by atoms with van der Waals surface area (Å²) in [5.74, 6) is 0.286. The summed E-state index contributed by atoms with van der Waals surface area (Å²) in [7, 11) is 1.59. The number of carbonyl (C=O) groups is 1. The summed E-state index contributed by atoms with van der Waals surface area (Å²) in [6.07, 6.45) is -5.66. The lowest BCUT2D eigenvalue weighted by atomic mass is 10.2. The average Bonchev–Trinajstić information content (AvgIpc) is 2.35. The molecule has 0 aliphatic heterocycles. The molecule has 0 unspecified atom stereocenters. The average molecular weight is 468 g/mol. The van der Waals surface area contributed by atoms with E-state index < -0.39 is 24.3 Å². The SMILES string of the molecule is CCNC(=NCCC(F)(F)F)NCCN(C)C(=O)OC(C)(C)C.I. The van der Waals surface area contributed by atoms with Crippen LogP contribution in [0.15, 0.2) is 4.99 Å². The number of nitrogens with one attached hydrogen (secondary N) is 2. The summed E-state index contributed by atoms with van der Waals surface area (Å²) in [6.45, 7) is 7.98. The van der Waals surface area contributed by atoms with Crippen molar-refractivity contribution in [2.24, 2.45) is 4.99 Å². The molecule has 1 amide bonds. The first-order valence-electron chi connectivity index (χ1n) is 7.47. The van der Waals surface area contributed by atoms with Crippen LogP contribution in [0.5, 0.6) is 0 Å². The summed E-state index contributed by atoms with van der Waals surface area (Å²) in [4.78, 5) is 17.0. The molecule has 0 saturated heterocycles. The Kier molecular flexibility index (Phi) is 12.2. The third-order valence-electron chi connectivity index (χ3n) is 2.45. The Balaban J connectivity index is 0. The van der Waals surface area contributed by atoms with E-state index in [9.17, 15) is 18.0 Å². The van der Waals surface area contributed by atoms with Gasteiger partial charge in [-0.25, -0.2) is 4.79 Å². The van der Waals surface area contributed by atoms with Gasteiger partial charge in [0.25, 0.3) is 0 Å². The lowest BCUT2D eigenvalue weighted by molar-refractivity contribution is -0.132. The van der Waals surface area contributed by atoms with Gasteiger partial charge < -0.3 is 20.3 Å². The van der Waals surface area contributed by atoms with Gasteiger partial charge in [0.2, 0.25) is 0 Å². The fraction of sp³-hybridized carbons (Fsp3) is 0.857. The number of nitrogens with zero attached hydrogens (tertiary/aromatic N) is 2. The number of carbonyl (C=O) groups excluding carboxylic acids is 1. The summed E-state index contributed by atoms with van der Waals surface area (Å²) in [6, 6.07) is 0. The van der Waals surface area contributed by atoms with Gasteiger partial charge in [-0.15, -0.1) is 24.0 Å². The Morgan fingerprint density at radius 3 is 2.25 bits per heavy atom. The second-order valence-electron chi connectivity index (χ2n) is 5.95. The molecule has 0 heterocycles. The van der Waals surface area contributed by atoms with Gasteiger partial charge in [0.15, 0.2) is 5.96 Å². The number of ether oxygens (including phenoxy) is 1. The molecular formula is C14H28F3IN4O2. The Hall–Kier alpha value is -0.940. The molecule has 6 nitrogen and oxygen atoms in total. The minimum absolute atomic E-state index is 0. The highest BCUT2D eigenvalue weighted by Gasteiger charge is 2.26. The highest BCUT2D eigenvalue weighted by atomic mass is 127. The molecule has 0 atom stereocenters. The van der Waals surface area contributed by atoms with Crippen LogP contribution >= 0.6 is 24.0 Å². The molecule has 10 heteroatoms. The van der Waals surface area contributed by atoms with E-state index in [1.807, 2.05) is 6.92 Å². The molecule has 24 heavy (non-hydrogen) atoms. The predicted octanol–water partition coefficient (Wildman–Crippen LogP) is 2.98. The molecule has 0 aliphatic carbocycles. The summed E-state index contributed by atoms with van der Waals surface area (Å²) in [5, 5.41) is 5.72. The molecule has 0 aliphatic rings. The molecule has 144 valence electrons. The predicted molar refractivity (Wildman–Crippen MR) is 98.9 cm³/mol. The first-order valence-corrected chi connectivity index (χ1v) is 7.47. The van der Waals surface area contributed by atoms with Crippen molar-refractivity contribution in [1.82, 2.24) is 15.5 Å². The molecule has 0 fully saturated rings. The van der Waals surface area contributed by atoms with Crippen LogP contribution in [0.25, 0.3) is 0 Å². The van der Waals surface area contributed by atoms with E-state index in [0.29, 0.717) is 19.6 Å². The maximum absolute atomic E-state index is 12.1. The van der Waals surface area contributed by atoms with E-state index in [1.165, 1.54) is 4.90 Å². The standard InChI is InChI=1S/C14H27F3N4O2.HI/c1-6-18-11(19-8-7-14(15,16)17)20-9-10-21(5)12(22)23-13(2,3)4;/h6-10H2,1-5H3,(H2,18,19,20);1H. The van der Waals surface area contributed by atoms with Gasteiger partial charge in [0, 0.05) is 26.7 Å². The maximum Gasteiger partial charge on any atom is 0.410 e. The van der Waals surface area contributed by atoms with Crippen LogP contribution in [0.2, 0.25) is 0 Å². The summed E-state index contributed by atoms with van der Waals surface area (Å²) in [5.41, 5.74) is -0.577. The number of hydrogen-bond acceptors (Lipinski definition) is 3. The zero-order valence-corrected chi connectivity index (χ0v) is 17.1. The smallest absolute Gasteiger partial charge is 0.410 e. The normalized spacial score (nSPS) is 12.2. The number of aliphatic imine (C=N–C) groups is 1. The summed E-state index contributed by atoms with van der Waals surface area (Å²) >= 11 is 0. The van der Waals surface area contributed by atoms with Gasteiger partial charge in [-0.2, -0.15) is 13.2 Å². The molecule has 0 rings (SSSR count). The van der Waals surface area contributed by atoms with Gasteiger partial charge in [-0.05, 0) is 27.7 Å². The summed E-state index contributed by atoms with van der Waals surface area (Å²) < 4.78 is 41.5. The van der Waals surface area contributed by atoms with Crippen LogP contribution in [0.3, 0.4) is 0 Å². The van der Waals surface area contributed by atoms with Crippen LogP contribution in [0.4, 0.5) is 18.0 Å². The van der Waals surface area contributed by atoms with E-state index in [-0.39, 0.29) is 36.5 Å². The zero-order chi connectivity index (χ0) is 18.1. The molecule has 0 saturated carbocycles. The van der Waals surface area contributed by atoms with Crippen molar-refractivity contribution in [2.75, 3.05) is 33.2 Å². The van der Waals surface area contributed by atoms with Crippen molar-refractivity contribution < 1.29 is 22.7 Å². The molecule has 0 spiro atoms. The van der Waals surface area contributed by atoms with Gasteiger partial charge >= 0.3 is 12.3 Å². The Labute approximate surface area is 158 Å². The monoisotopic (exact) mass is 468 g/mol. The number of likely N-dealkylation sites (N-methyl/N-ethyl adjacent to an activating group) is 1. The molecule has 0 aromatic heterocycles. The molecule has 0 aromatic rings. The Morgan fingerprint density at radius 2 is 1.79 bits per heavy atom. The van der Waals surface area contributed by atoms with Crippen LogP contribution in [-0.4, -0.2) is 62.0 Å². The molecule has 0 radical (unpaired) electrons. The lowest BCUT2D eigenvalue weighted by Gasteiger charge is -2.24. The number of guanidine groups is 1. The minimum Gasteiger partial charge on any atom is -0.444 e. The maximum atomic E-state index is 12.1. The highest BCUT2D eigenvalue weighted by molar-refractivity contribution is 14.0. The van der Waals surface area contributed by atoms with Crippen molar-refractivity contribution in [2.45, 2.75) is 45.9 Å². The van der Waals surface area contributed by atoms with E-state index in [1.54, 1.807) is 27.8 Å². The quantitative estimate of drug-likeness (QED) is 0.358. The first-order chi connectivity index (χ1) is 10.4. The first kappa shape index (κ1) is 25.3. The van der Waals surface area contributed by atoms with Gasteiger partial charge in [-0.1, -0.05) is 0 Å². The van der Waals surface area contributed by atoms with Crippen LogP contribution in [0.1, 0.15) is 34.1 Å². The lowest BCUT2D eigenvalue weighted by Crippen LogP contribution is -2.43. The van der Waals surface area contributed by atoms with Crippen molar-refractivity contribution in [3.63, 3.8) is 0 Å². The Morgan fingerprint density at radius 1 is 1.21 bits per heavy atom. The van der Waals surface area contributed by atoms with E-state index in [2.05, 4.69) is 15.6 Å².